The van der Waals surface area contributed by atoms with Crippen LogP contribution in [-0.2, 0) is 6.54 Å². The minimum Gasteiger partial charge on any atom is -0.477 e. The third-order valence-electron chi connectivity index (χ3n) is 5.33. The highest BCUT2D eigenvalue weighted by molar-refractivity contribution is 5.99. The van der Waals surface area contributed by atoms with Gasteiger partial charge in [-0.3, -0.25) is 9.78 Å². The van der Waals surface area contributed by atoms with Crippen molar-refractivity contribution >= 4 is 5.91 Å². The van der Waals surface area contributed by atoms with E-state index in [2.05, 4.69) is 20.4 Å². The Hall–Kier alpha value is -4.00. The Balaban J connectivity index is 1.32. The number of nitrogens with zero attached hydrogens (tertiary/aromatic N) is 4. The molecule has 0 spiro atoms. The van der Waals surface area contributed by atoms with Crippen LogP contribution in [0.15, 0.2) is 79.4 Å². The van der Waals surface area contributed by atoms with Gasteiger partial charge in [0, 0.05) is 43.0 Å². The summed E-state index contributed by atoms with van der Waals surface area (Å²) in [5, 5.41) is 7.64. The molecule has 1 aromatic carbocycles. The normalized spacial score (nSPS) is 13.0. The minimum atomic E-state index is -0.208. The standard InChI is InChI=1S/C25H23N5O2/c31-25(28-14-19-10-11-23(27-13-19)32-17-18-8-9-18)22-16-30(21-6-2-1-3-7-21)29-24(22)20-5-4-12-26-15-20/h1-7,10-13,15-16,18H,8-9,14,17H2,(H,28,31). The fourth-order valence-corrected chi connectivity index (χ4v) is 3.34. The van der Waals surface area contributed by atoms with Gasteiger partial charge in [0.05, 0.1) is 17.9 Å². The second-order valence-electron chi connectivity index (χ2n) is 7.85. The summed E-state index contributed by atoms with van der Waals surface area (Å²) in [6, 6.07) is 17.2. The van der Waals surface area contributed by atoms with Gasteiger partial charge in [0.2, 0.25) is 5.88 Å². The molecule has 0 saturated heterocycles. The number of hydrogen-bond acceptors (Lipinski definition) is 5. The van der Waals surface area contributed by atoms with Crippen LogP contribution in [0.4, 0.5) is 0 Å². The Bertz CT molecular complexity index is 1190. The quantitative estimate of drug-likeness (QED) is 0.461. The van der Waals surface area contributed by atoms with Gasteiger partial charge in [-0.2, -0.15) is 5.10 Å². The van der Waals surface area contributed by atoms with E-state index < -0.39 is 0 Å². The van der Waals surface area contributed by atoms with Crippen LogP contribution in [0.1, 0.15) is 28.8 Å². The first-order valence-electron chi connectivity index (χ1n) is 10.7. The predicted octanol–water partition coefficient (Wildman–Crippen LogP) is 4.05. The number of carbonyl (C=O) groups excluding carboxylic acids is 1. The van der Waals surface area contributed by atoms with E-state index in [1.807, 2.05) is 54.6 Å². The lowest BCUT2D eigenvalue weighted by molar-refractivity contribution is 0.0951. The average Bonchev–Trinajstić information content (AvgIpc) is 3.58. The van der Waals surface area contributed by atoms with Gasteiger partial charge in [-0.15, -0.1) is 0 Å². The van der Waals surface area contributed by atoms with E-state index in [0.717, 1.165) is 23.4 Å². The molecule has 0 radical (unpaired) electrons. The summed E-state index contributed by atoms with van der Waals surface area (Å²) in [4.78, 5) is 21.6. The largest absolute Gasteiger partial charge is 0.477 e. The Morgan fingerprint density at radius 3 is 2.66 bits per heavy atom. The summed E-state index contributed by atoms with van der Waals surface area (Å²) < 4.78 is 7.39. The van der Waals surface area contributed by atoms with Gasteiger partial charge < -0.3 is 10.1 Å². The van der Waals surface area contributed by atoms with E-state index in [4.69, 9.17) is 4.74 Å². The molecular weight excluding hydrogens is 402 g/mol. The van der Waals surface area contributed by atoms with Gasteiger partial charge in [0.25, 0.3) is 5.91 Å². The van der Waals surface area contributed by atoms with E-state index in [1.165, 1.54) is 12.8 Å². The molecule has 1 aliphatic rings. The van der Waals surface area contributed by atoms with Crippen molar-refractivity contribution in [3.63, 3.8) is 0 Å². The first-order valence-corrected chi connectivity index (χ1v) is 10.7. The number of carbonyl (C=O) groups is 1. The lowest BCUT2D eigenvalue weighted by Crippen LogP contribution is -2.23. The summed E-state index contributed by atoms with van der Waals surface area (Å²) in [5.74, 6) is 1.09. The Kier molecular flexibility index (Phi) is 5.61. The van der Waals surface area contributed by atoms with Gasteiger partial charge >= 0.3 is 0 Å². The number of aromatic nitrogens is 4. The molecule has 0 unspecified atom stereocenters. The SMILES string of the molecule is O=C(NCc1ccc(OCC2CC2)nc1)c1cn(-c2ccccc2)nc1-c1cccnc1. The topological polar surface area (TPSA) is 81.9 Å². The highest BCUT2D eigenvalue weighted by atomic mass is 16.5. The van der Waals surface area contributed by atoms with Gasteiger partial charge in [0.15, 0.2) is 0 Å². The molecule has 3 aromatic heterocycles. The minimum absolute atomic E-state index is 0.208. The molecule has 7 heteroatoms. The summed E-state index contributed by atoms with van der Waals surface area (Å²) >= 11 is 0. The van der Waals surface area contributed by atoms with Crippen LogP contribution in [0, 0.1) is 5.92 Å². The first kappa shape index (κ1) is 19.9. The van der Waals surface area contributed by atoms with Crippen LogP contribution in [0.2, 0.25) is 0 Å². The van der Waals surface area contributed by atoms with E-state index in [9.17, 15) is 4.79 Å². The molecule has 7 nitrogen and oxygen atoms in total. The molecule has 5 rings (SSSR count). The molecule has 0 aliphatic heterocycles. The zero-order chi connectivity index (χ0) is 21.8. The summed E-state index contributed by atoms with van der Waals surface area (Å²) in [6.45, 7) is 1.09. The van der Waals surface area contributed by atoms with Crippen LogP contribution in [0.5, 0.6) is 5.88 Å². The van der Waals surface area contributed by atoms with Crippen LogP contribution < -0.4 is 10.1 Å². The van der Waals surface area contributed by atoms with Crippen LogP contribution in [0.3, 0.4) is 0 Å². The zero-order valence-electron chi connectivity index (χ0n) is 17.5. The van der Waals surface area contributed by atoms with Crippen molar-refractivity contribution < 1.29 is 9.53 Å². The lowest BCUT2D eigenvalue weighted by atomic mass is 10.1. The van der Waals surface area contributed by atoms with Crippen molar-refractivity contribution in [3.8, 4) is 22.8 Å². The zero-order valence-corrected chi connectivity index (χ0v) is 17.5. The second-order valence-corrected chi connectivity index (χ2v) is 7.85. The third kappa shape index (κ3) is 4.67. The van der Waals surface area contributed by atoms with E-state index in [0.29, 0.717) is 29.6 Å². The molecule has 3 heterocycles. The van der Waals surface area contributed by atoms with E-state index in [-0.39, 0.29) is 5.91 Å². The van der Waals surface area contributed by atoms with Gasteiger partial charge in [-0.05, 0) is 48.6 Å². The Morgan fingerprint density at radius 2 is 1.94 bits per heavy atom. The van der Waals surface area contributed by atoms with Crippen LogP contribution in [0.25, 0.3) is 16.9 Å². The van der Waals surface area contributed by atoms with E-state index >= 15 is 0 Å². The lowest BCUT2D eigenvalue weighted by Gasteiger charge is -2.07. The molecule has 0 atom stereocenters. The maximum absolute atomic E-state index is 13.1. The number of ether oxygens (including phenoxy) is 1. The van der Waals surface area contributed by atoms with Crippen LogP contribution >= 0.6 is 0 Å². The molecule has 1 saturated carbocycles. The summed E-state index contributed by atoms with van der Waals surface area (Å²) in [7, 11) is 0. The molecule has 160 valence electrons. The molecule has 1 fully saturated rings. The third-order valence-corrected chi connectivity index (χ3v) is 5.33. The number of rotatable bonds is 8. The molecule has 4 aromatic rings. The molecule has 1 N–H and O–H groups in total. The van der Waals surface area contributed by atoms with Gasteiger partial charge in [0.1, 0.15) is 5.69 Å². The molecule has 32 heavy (non-hydrogen) atoms. The van der Waals surface area contributed by atoms with Crippen molar-refractivity contribution in [2.24, 2.45) is 5.92 Å². The first-order chi connectivity index (χ1) is 15.8. The smallest absolute Gasteiger partial charge is 0.255 e. The summed E-state index contributed by atoms with van der Waals surface area (Å²) in [5.41, 5.74) is 3.63. The van der Waals surface area contributed by atoms with Crippen molar-refractivity contribution in [1.29, 1.82) is 0 Å². The number of benzene rings is 1. The van der Waals surface area contributed by atoms with Crippen molar-refractivity contribution in [1.82, 2.24) is 25.1 Å². The highest BCUT2D eigenvalue weighted by Crippen LogP contribution is 2.29. The average molecular weight is 425 g/mol. The highest BCUT2D eigenvalue weighted by Gasteiger charge is 2.22. The van der Waals surface area contributed by atoms with Crippen molar-refractivity contribution in [3.05, 3.63) is 90.5 Å². The maximum Gasteiger partial charge on any atom is 0.255 e. The summed E-state index contributed by atoms with van der Waals surface area (Å²) in [6.07, 6.45) is 9.37. The monoisotopic (exact) mass is 425 g/mol. The molecular formula is C25H23N5O2. The van der Waals surface area contributed by atoms with Crippen molar-refractivity contribution in [2.45, 2.75) is 19.4 Å². The van der Waals surface area contributed by atoms with Crippen LogP contribution in [-0.4, -0.2) is 32.3 Å². The fourth-order valence-electron chi connectivity index (χ4n) is 3.34. The maximum atomic E-state index is 13.1. The number of nitrogens with one attached hydrogen (secondary N) is 1. The van der Waals surface area contributed by atoms with Crippen molar-refractivity contribution in [2.75, 3.05) is 6.61 Å². The second kappa shape index (κ2) is 9.01. The Labute approximate surface area is 186 Å². The number of para-hydroxylation sites is 1. The van der Waals surface area contributed by atoms with Gasteiger partial charge in [-0.1, -0.05) is 24.3 Å². The Morgan fingerprint density at radius 1 is 1.06 bits per heavy atom. The predicted molar refractivity (Wildman–Crippen MR) is 120 cm³/mol. The molecule has 0 bridgehead atoms. The fraction of sp³-hybridized carbons (Fsp3) is 0.200. The number of pyridine rings is 2. The molecule has 1 amide bonds. The molecule has 1 aliphatic carbocycles. The number of amides is 1. The van der Waals surface area contributed by atoms with E-state index in [1.54, 1.807) is 29.5 Å². The number of hydrogen-bond donors (Lipinski definition) is 1. The van der Waals surface area contributed by atoms with Gasteiger partial charge in [-0.25, -0.2) is 9.67 Å².